The van der Waals surface area contributed by atoms with Crippen molar-refractivity contribution in [1.82, 2.24) is 0 Å². The summed E-state index contributed by atoms with van der Waals surface area (Å²) in [4.78, 5) is 0. The normalized spacial score (nSPS) is 9.94. The Morgan fingerprint density at radius 2 is 1.44 bits per heavy atom. The zero-order valence-corrected chi connectivity index (χ0v) is 11.7. The molecule has 0 atom stereocenters. The van der Waals surface area contributed by atoms with E-state index in [1.807, 2.05) is 55.5 Å². The first-order valence-corrected chi connectivity index (χ1v) is 5.57. The zero-order valence-electron chi connectivity index (χ0n) is 10.1. The summed E-state index contributed by atoms with van der Waals surface area (Å²) in [7, 11) is 0. The molecule has 18 heavy (non-hydrogen) atoms. The Labute approximate surface area is 122 Å². The number of allylic oxidation sites excluding steroid dienone is 2. The first-order valence-electron chi connectivity index (χ1n) is 5.57. The van der Waals surface area contributed by atoms with Crippen molar-refractivity contribution in [3.8, 4) is 11.8 Å². The molecule has 0 heterocycles. The zero-order chi connectivity index (χ0) is 11.9. The van der Waals surface area contributed by atoms with E-state index >= 15 is 0 Å². The molecule has 2 aromatic rings. The summed E-state index contributed by atoms with van der Waals surface area (Å²) in [5, 5.41) is 0. The molecular formula is C17H13Rh-. The Kier molecular flexibility index (Phi) is 6.13. The van der Waals surface area contributed by atoms with Crippen LogP contribution in [-0.4, -0.2) is 0 Å². The molecule has 0 spiro atoms. The molecule has 0 unspecified atom stereocenters. The molecule has 91 valence electrons. The molecular weight excluding hydrogens is 307 g/mol. The Morgan fingerprint density at radius 1 is 0.889 bits per heavy atom. The van der Waals surface area contributed by atoms with E-state index in [2.05, 4.69) is 30.0 Å². The molecule has 1 radical (unpaired) electrons. The average molecular weight is 320 g/mol. The molecule has 0 aliphatic heterocycles. The maximum atomic E-state index is 3.10. The molecule has 0 amide bonds. The van der Waals surface area contributed by atoms with Gasteiger partial charge in [-0.05, 0) is 5.56 Å². The van der Waals surface area contributed by atoms with Gasteiger partial charge < -0.3 is 0 Å². The third kappa shape index (κ3) is 4.32. The minimum Gasteiger partial charge on any atom is -0.219 e. The molecule has 2 rings (SSSR count). The molecule has 0 saturated heterocycles. The van der Waals surface area contributed by atoms with Crippen LogP contribution in [0.5, 0.6) is 0 Å². The van der Waals surface area contributed by atoms with Gasteiger partial charge in [-0.15, -0.1) is 29.3 Å². The molecule has 0 N–H and O–H groups in total. The van der Waals surface area contributed by atoms with Gasteiger partial charge in [0.15, 0.2) is 0 Å². The summed E-state index contributed by atoms with van der Waals surface area (Å²) in [5.41, 5.74) is 3.24. The van der Waals surface area contributed by atoms with Crippen molar-refractivity contribution in [2.24, 2.45) is 0 Å². The predicted octanol–water partition coefficient (Wildman–Crippen LogP) is 3.94. The largest absolute Gasteiger partial charge is 0.219 e. The summed E-state index contributed by atoms with van der Waals surface area (Å²) in [6.45, 7) is 2.02. The van der Waals surface area contributed by atoms with Crippen LogP contribution in [0.25, 0.3) is 5.57 Å². The first kappa shape index (κ1) is 14.4. The van der Waals surface area contributed by atoms with Crippen molar-refractivity contribution < 1.29 is 19.5 Å². The molecule has 0 aromatic heterocycles. The number of benzene rings is 2. The van der Waals surface area contributed by atoms with Crippen LogP contribution in [-0.2, 0) is 19.5 Å². The van der Waals surface area contributed by atoms with Gasteiger partial charge in [-0.3, -0.25) is 0 Å². The van der Waals surface area contributed by atoms with Crippen LogP contribution in [0.2, 0.25) is 0 Å². The van der Waals surface area contributed by atoms with E-state index < -0.39 is 0 Å². The van der Waals surface area contributed by atoms with Gasteiger partial charge in [0, 0.05) is 19.5 Å². The molecule has 0 aliphatic rings. The van der Waals surface area contributed by atoms with E-state index in [0.29, 0.717) is 0 Å². The Morgan fingerprint density at radius 3 is 2.06 bits per heavy atom. The fourth-order valence-electron chi connectivity index (χ4n) is 1.48. The molecule has 0 aliphatic carbocycles. The van der Waals surface area contributed by atoms with E-state index in [1.165, 1.54) is 0 Å². The third-order valence-corrected chi connectivity index (χ3v) is 2.44. The SMILES string of the molecule is CC(=[C-]C#Cc1ccccc1)c1ccccc1.[Rh]. The minimum absolute atomic E-state index is 0. The molecule has 0 nitrogen and oxygen atoms in total. The second kappa shape index (κ2) is 7.64. The van der Waals surface area contributed by atoms with Crippen LogP contribution < -0.4 is 0 Å². The van der Waals surface area contributed by atoms with Crippen LogP contribution in [0.3, 0.4) is 0 Å². The first-order chi connectivity index (χ1) is 8.36. The van der Waals surface area contributed by atoms with Crippen LogP contribution >= 0.6 is 0 Å². The van der Waals surface area contributed by atoms with E-state index in [0.717, 1.165) is 16.7 Å². The third-order valence-electron chi connectivity index (χ3n) is 2.44. The second-order valence-electron chi connectivity index (χ2n) is 3.73. The summed E-state index contributed by atoms with van der Waals surface area (Å²) < 4.78 is 0. The molecule has 1 heteroatoms. The minimum atomic E-state index is 0. The van der Waals surface area contributed by atoms with Crippen LogP contribution in [0, 0.1) is 17.9 Å². The van der Waals surface area contributed by atoms with Gasteiger partial charge >= 0.3 is 0 Å². The van der Waals surface area contributed by atoms with Crippen molar-refractivity contribution in [1.29, 1.82) is 0 Å². The van der Waals surface area contributed by atoms with E-state index in [9.17, 15) is 0 Å². The van der Waals surface area contributed by atoms with Crippen LogP contribution in [0.4, 0.5) is 0 Å². The summed E-state index contributed by atoms with van der Waals surface area (Å²) in [6.07, 6.45) is 3.10. The van der Waals surface area contributed by atoms with Gasteiger partial charge in [-0.25, -0.2) is 11.8 Å². The Bertz CT molecular complexity index is 557. The monoisotopic (exact) mass is 320 g/mol. The van der Waals surface area contributed by atoms with Crippen LogP contribution in [0.15, 0.2) is 60.7 Å². The fraction of sp³-hybridized carbons (Fsp3) is 0.0588. The van der Waals surface area contributed by atoms with Gasteiger partial charge in [-0.1, -0.05) is 55.5 Å². The molecule has 0 bridgehead atoms. The van der Waals surface area contributed by atoms with Gasteiger partial charge in [0.05, 0.1) is 0 Å². The smallest absolute Gasteiger partial charge is 0 e. The number of hydrogen-bond acceptors (Lipinski definition) is 0. The van der Waals surface area contributed by atoms with Crippen molar-refractivity contribution in [3.63, 3.8) is 0 Å². The number of rotatable bonds is 1. The quantitative estimate of drug-likeness (QED) is 0.424. The van der Waals surface area contributed by atoms with Crippen molar-refractivity contribution in [3.05, 3.63) is 77.9 Å². The number of hydrogen-bond donors (Lipinski definition) is 0. The maximum Gasteiger partial charge on any atom is 0 e. The molecule has 0 fully saturated rings. The summed E-state index contributed by atoms with van der Waals surface area (Å²) in [6, 6.07) is 20.1. The second-order valence-corrected chi connectivity index (χ2v) is 3.73. The molecule has 2 aromatic carbocycles. The summed E-state index contributed by atoms with van der Waals surface area (Å²) in [5.74, 6) is 6.03. The Hall–Kier alpha value is -1.64. The van der Waals surface area contributed by atoms with Crippen molar-refractivity contribution >= 4 is 5.57 Å². The van der Waals surface area contributed by atoms with Gasteiger partial charge in [0.25, 0.3) is 0 Å². The van der Waals surface area contributed by atoms with E-state index in [1.54, 1.807) is 0 Å². The van der Waals surface area contributed by atoms with Gasteiger partial charge in [0.1, 0.15) is 0 Å². The fourth-order valence-corrected chi connectivity index (χ4v) is 1.48. The van der Waals surface area contributed by atoms with Crippen molar-refractivity contribution in [2.45, 2.75) is 6.92 Å². The standard InChI is InChI=1S/C17H13.Rh/c1-15(17-13-6-3-7-14-17)9-8-12-16-10-4-2-5-11-16;/h2-7,10-11,13-14H,1H3;/q-1;. The van der Waals surface area contributed by atoms with E-state index in [4.69, 9.17) is 0 Å². The topological polar surface area (TPSA) is 0 Å². The summed E-state index contributed by atoms with van der Waals surface area (Å²) >= 11 is 0. The van der Waals surface area contributed by atoms with Crippen molar-refractivity contribution in [2.75, 3.05) is 0 Å². The van der Waals surface area contributed by atoms with Crippen LogP contribution in [0.1, 0.15) is 18.1 Å². The van der Waals surface area contributed by atoms with Gasteiger partial charge in [-0.2, -0.15) is 0 Å². The Balaban J connectivity index is 0.00000162. The maximum absolute atomic E-state index is 3.10. The molecule has 0 saturated carbocycles. The average Bonchev–Trinajstić information content (AvgIpc) is 2.41. The van der Waals surface area contributed by atoms with Gasteiger partial charge in [0.2, 0.25) is 0 Å². The van der Waals surface area contributed by atoms with E-state index in [-0.39, 0.29) is 19.5 Å². The predicted molar refractivity (Wildman–Crippen MR) is 72.1 cm³/mol.